The van der Waals surface area contributed by atoms with E-state index in [0.29, 0.717) is 0 Å². The lowest BCUT2D eigenvalue weighted by Crippen LogP contribution is -2.54. The third-order valence-electron chi connectivity index (χ3n) is 3.78. The quantitative estimate of drug-likeness (QED) is 0.574. The Morgan fingerprint density at radius 2 is 1.25 bits per heavy atom. The lowest BCUT2D eigenvalue weighted by atomic mass is 9.91. The van der Waals surface area contributed by atoms with Gasteiger partial charge in [-0.25, -0.2) is 0 Å². The monoisotopic (exact) mass is 210 g/mol. The molecule has 0 fully saturated rings. The SMILES string of the molecule is c1cc2c3[n+](c1)CC[n+]1cccc(c1-3)CC2. The van der Waals surface area contributed by atoms with Crippen LogP contribution in [0, 0.1) is 0 Å². The van der Waals surface area contributed by atoms with Gasteiger partial charge in [-0.3, -0.25) is 0 Å². The molecule has 0 amide bonds. The zero-order valence-corrected chi connectivity index (χ0v) is 9.19. The molecule has 0 aromatic carbocycles. The molecule has 0 saturated carbocycles. The molecule has 0 N–H and O–H groups in total. The van der Waals surface area contributed by atoms with Gasteiger partial charge >= 0.3 is 0 Å². The molecule has 2 aromatic rings. The van der Waals surface area contributed by atoms with Gasteiger partial charge in [0.2, 0.25) is 13.1 Å². The summed E-state index contributed by atoms with van der Waals surface area (Å²) in [7, 11) is 0. The predicted octanol–water partition coefficient (Wildman–Crippen LogP) is 1.04. The Kier molecular flexibility index (Phi) is 1.54. The maximum Gasteiger partial charge on any atom is 0.281 e. The van der Waals surface area contributed by atoms with Crippen molar-refractivity contribution in [3.05, 3.63) is 47.8 Å². The summed E-state index contributed by atoms with van der Waals surface area (Å²) in [5.41, 5.74) is 5.93. The second-order valence-corrected chi connectivity index (χ2v) is 4.65. The second-order valence-electron chi connectivity index (χ2n) is 4.65. The van der Waals surface area contributed by atoms with Gasteiger partial charge in [-0.15, -0.1) is 0 Å². The standard InChI is InChI=1S/C14H14N2/c1-3-11-5-6-12-4-2-8-16-10-9-15(7-1)13(11)14(12)16/h1-4,7-8H,5-6,9-10H2/q+2. The van der Waals surface area contributed by atoms with E-state index in [1.807, 2.05) is 0 Å². The van der Waals surface area contributed by atoms with E-state index < -0.39 is 0 Å². The average molecular weight is 210 g/mol. The van der Waals surface area contributed by atoms with Crippen molar-refractivity contribution in [2.75, 3.05) is 0 Å². The highest BCUT2D eigenvalue weighted by molar-refractivity contribution is 5.59. The fraction of sp³-hybridized carbons (Fsp3) is 0.286. The van der Waals surface area contributed by atoms with E-state index in [-0.39, 0.29) is 0 Å². The molecule has 4 rings (SSSR count). The van der Waals surface area contributed by atoms with Crippen LogP contribution in [0.2, 0.25) is 0 Å². The predicted molar refractivity (Wildman–Crippen MR) is 59.7 cm³/mol. The molecule has 0 bridgehead atoms. The van der Waals surface area contributed by atoms with E-state index in [0.717, 1.165) is 13.1 Å². The molecule has 16 heavy (non-hydrogen) atoms. The van der Waals surface area contributed by atoms with Gasteiger partial charge in [0.05, 0.1) is 0 Å². The number of hydrogen-bond donors (Lipinski definition) is 0. The molecule has 2 heteroatoms. The minimum atomic E-state index is 1.10. The highest BCUT2D eigenvalue weighted by Crippen LogP contribution is 2.28. The number of nitrogens with zero attached hydrogens (tertiary/aromatic N) is 2. The molecule has 2 aliphatic rings. The molecule has 3 heterocycles. The topological polar surface area (TPSA) is 7.76 Å². The molecular weight excluding hydrogens is 196 g/mol. The summed E-state index contributed by atoms with van der Waals surface area (Å²) < 4.78 is 4.82. The minimum absolute atomic E-state index is 1.10. The molecule has 2 aromatic heterocycles. The van der Waals surface area contributed by atoms with Crippen LogP contribution in [0.5, 0.6) is 0 Å². The zero-order chi connectivity index (χ0) is 10.5. The van der Waals surface area contributed by atoms with Crippen molar-refractivity contribution in [2.45, 2.75) is 25.9 Å². The normalized spacial score (nSPS) is 15.8. The molecule has 0 radical (unpaired) electrons. The lowest BCUT2D eigenvalue weighted by molar-refractivity contribution is -0.795. The van der Waals surface area contributed by atoms with Crippen LogP contribution in [0.15, 0.2) is 36.7 Å². The maximum atomic E-state index is 2.41. The van der Waals surface area contributed by atoms with Gasteiger partial charge in [0.15, 0.2) is 12.4 Å². The first-order chi connectivity index (χ1) is 7.93. The van der Waals surface area contributed by atoms with Crippen molar-refractivity contribution in [1.29, 1.82) is 0 Å². The largest absolute Gasteiger partial charge is 0.281 e. The fourth-order valence-electron chi connectivity index (χ4n) is 3.04. The molecule has 2 nitrogen and oxygen atoms in total. The Bertz CT molecular complexity index is 489. The van der Waals surface area contributed by atoms with Crippen molar-refractivity contribution in [3.8, 4) is 11.4 Å². The van der Waals surface area contributed by atoms with E-state index in [1.54, 1.807) is 0 Å². The highest BCUT2D eigenvalue weighted by Gasteiger charge is 2.36. The van der Waals surface area contributed by atoms with E-state index in [9.17, 15) is 0 Å². The van der Waals surface area contributed by atoms with Gasteiger partial charge in [-0.1, -0.05) is 0 Å². The number of pyridine rings is 2. The lowest BCUT2D eigenvalue weighted by Gasteiger charge is -2.18. The Labute approximate surface area is 94.8 Å². The molecular formula is C14H14N2+2. The van der Waals surface area contributed by atoms with Crippen molar-refractivity contribution >= 4 is 0 Å². The van der Waals surface area contributed by atoms with Crippen molar-refractivity contribution in [1.82, 2.24) is 0 Å². The Balaban J connectivity index is 2.15. The maximum absolute atomic E-state index is 2.41. The van der Waals surface area contributed by atoms with Gasteiger partial charge in [0.1, 0.15) is 0 Å². The molecule has 0 unspecified atom stereocenters. The Morgan fingerprint density at radius 1 is 0.750 bits per heavy atom. The molecule has 78 valence electrons. The van der Waals surface area contributed by atoms with Crippen LogP contribution in [0.1, 0.15) is 11.1 Å². The molecule has 0 spiro atoms. The zero-order valence-electron chi connectivity index (χ0n) is 9.19. The third-order valence-corrected chi connectivity index (χ3v) is 3.78. The van der Waals surface area contributed by atoms with E-state index in [4.69, 9.17) is 0 Å². The van der Waals surface area contributed by atoms with Gasteiger partial charge in [-0.05, 0) is 25.0 Å². The van der Waals surface area contributed by atoms with Gasteiger partial charge < -0.3 is 0 Å². The van der Waals surface area contributed by atoms with Crippen molar-refractivity contribution in [3.63, 3.8) is 0 Å². The molecule has 1 aliphatic carbocycles. The van der Waals surface area contributed by atoms with Crippen molar-refractivity contribution < 1.29 is 9.13 Å². The number of aromatic nitrogens is 2. The van der Waals surface area contributed by atoms with Gasteiger partial charge in [-0.2, -0.15) is 9.13 Å². The summed E-state index contributed by atoms with van der Waals surface area (Å²) in [6.45, 7) is 2.20. The first-order valence-electron chi connectivity index (χ1n) is 5.96. The number of rotatable bonds is 0. The average Bonchev–Trinajstić information content (AvgIpc) is 2.36. The smallest absolute Gasteiger partial charge is 0.186 e. The second kappa shape index (κ2) is 2.91. The van der Waals surface area contributed by atoms with Gasteiger partial charge in [0, 0.05) is 23.3 Å². The van der Waals surface area contributed by atoms with Crippen LogP contribution in [0.25, 0.3) is 11.4 Å². The van der Waals surface area contributed by atoms with Crippen LogP contribution in [0.3, 0.4) is 0 Å². The fourth-order valence-corrected chi connectivity index (χ4v) is 3.04. The summed E-state index contributed by atoms with van der Waals surface area (Å²) in [4.78, 5) is 0. The van der Waals surface area contributed by atoms with Crippen LogP contribution in [0.4, 0.5) is 0 Å². The van der Waals surface area contributed by atoms with Crippen LogP contribution >= 0.6 is 0 Å². The molecule has 0 atom stereocenters. The van der Waals surface area contributed by atoms with Crippen LogP contribution in [-0.4, -0.2) is 0 Å². The number of aryl methyl sites for hydroxylation is 4. The van der Waals surface area contributed by atoms with Crippen LogP contribution < -0.4 is 9.13 Å². The summed E-state index contributed by atoms with van der Waals surface area (Å²) in [5.74, 6) is 0. The minimum Gasteiger partial charge on any atom is -0.186 e. The summed E-state index contributed by atoms with van der Waals surface area (Å²) in [6.07, 6.45) is 6.80. The van der Waals surface area contributed by atoms with E-state index >= 15 is 0 Å². The molecule has 0 saturated heterocycles. The van der Waals surface area contributed by atoms with Crippen molar-refractivity contribution in [2.24, 2.45) is 0 Å². The summed E-state index contributed by atoms with van der Waals surface area (Å²) in [6, 6.07) is 8.92. The Hall–Kier alpha value is -1.70. The summed E-state index contributed by atoms with van der Waals surface area (Å²) >= 11 is 0. The number of hydrogen-bond acceptors (Lipinski definition) is 0. The molecule has 1 aliphatic heterocycles. The first kappa shape index (κ1) is 8.45. The van der Waals surface area contributed by atoms with E-state index in [1.165, 1.54) is 35.4 Å². The third kappa shape index (κ3) is 0.967. The van der Waals surface area contributed by atoms with Gasteiger partial charge in [0.25, 0.3) is 11.4 Å². The Morgan fingerprint density at radius 3 is 1.75 bits per heavy atom. The summed E-state index contributed by atoms with van der Waals surface area (Å²) in [5, 5.41) is 0. The first-order valence-corrected chi connectivity index (χ1v) is 5.96. The van der Waals surface area contributed by atoms with Crippen LogP contribution in [-0.2, 0) is 25.9 Å². The van der Waals surface area contributed by atoms with E-state index in [2.05, 4.69) is 45.8 Å². The highest BCUT2D eigenvalue weighted by atomic mass is 15.1.